The first-order chi connectivity index (χ1) is 8.06. The fourth-order valence-corrected chi connectivity index (χ4v) is 1.78. The number of hydrogen-bond donors (Lipinski definition) is 2. The van der Waals surface area contributed by atoms with E-state index in [4.69, 9.17) is 5.73 Å². The maximum absolute atomic E-state index is 5.53. The number of hydrogen-bond acceptors (Lipinski definition) is 4. The van der Waals surface area contributed by atoms with Gasteiger partial charge in [-0.3, -0.25) is 0 Å². The number of rotatable bonds is 2. The lowest BCUT2D eigenvalue weighted by molar-refractivity contribution is 1.17. The number of anilines is 3. The van der Waals surface area contributed by atoms with Crippen LogP contribution in [0.5, 0.6) is 0 Å². The third kappa shape index (κ3) is 2.74. The van der Waals surface area contributed by atoms with Crippen LogP contribution in [-0.4, -0.2) is 9.97 Å². The van der Waals surface area contributed by atoms with Crippen LogP contribution in [0.3, 0.4) is 0 Å². The Balaban J connectivity index is 2.27. The van der Waals surface area contributed by atoms with Crippen LogP contribution in [0.1, 0.15) is 11.1 Å². The third-order valence-corrected chi connectivity index (χ3v) is 3.62. The van der Waals surface area contributed by atoms with Gasteiger partial charge in [0, 0.05) is 10.2 Å². The monoisotopic (exact) mass is 292 g/mol. The standard InChI is InChI=1S/C12H13BrN4/c1-7-3-10(4-8(2)11(7)13)17-12-15-5-9(14)6-16-12/h3-6H,14H2,1-2H3,(H,15,16,17). The Labute approximate surface area is 108 Å². The largest absolute Gasteiger partial charge is 0.396 e. The zero-order valence-electron chi connectivity index (χ0n) is 9.66. The summed E-state index contributed by atoms with van der Waals surface area (Å²) in [7, 11) is 0. The highest BCUT2D eigenvalue weighted by Gasteiger charge is 2.03. The zero-order chi connectivity index (χ0) is 12.4. The van der Waals surface area contributed by atoms with Crippen molar-refractivity contribution in [2.75, 3.05) is 11.1 Å². The lowest BCUT2D eigenvalue weighted by atomic mass is 10.1. The van der Waals surface area contributed by atoms with Crippen LogP contribution in [0.15, 0.2) is 29.0 Å². The highest BCUT2D eigenvalue weighted by Crippen LogP contribution is 2.26. The fourth-order valence-electron chi connectivity index (χ4n) is 1.55. The predicted molar refractivity (Wildman–Crippen MR) is 73.3 cm³/mol. The molecule has 1 aromatic carbocycles. The number of nitrogens with two attached hydrogens (primary N) is 1. The van der Waals surface area contributed by atoms with Crippen molar-refractivity contribution >= 4 is 33.3 Å². The smallest absolute Gasteiger partial charge is 0.227 e. The molecule has 5 heteroatoms. The second-order valence-corrected chi connectivity index (χ2v) is 4.68. The molecule has 88 valence electrons. The van der Waals surface area contributed by atoms with Crippen LogP contribution in [0.25, 0.3) is 0 Å². The summed E-state index contributed by atoms with van der Waals surface area (Å²) in [5.41, 5.74) is 9.39. The van der Waals surface area contributed by atoms with Gasteiger partial charge in [-0.25, -0.2) is 9.97 Å². The van der Waals surface area contributed by atoms with Crippen LogP contribution in [-0.2, 0) is 0 Å². The van der Waals surface area contributed by atoms with Crippen molar-refractivity contribution in [2.45, 2.75) is 13.8 Å². The van der Waals surface area contributed by atoms with E-state index >= 15 is 0 Å². The first kappa shape index (κ1) is 11.9. The van der Waals surface area contributed by atoms with Crippen molar-refractivity contribution in [1.82, 2.24) is 9.97 Å². The molecule has 0 saturated carbocycles. The molecule has 0 aliphatic heterocycles. The molecule has 4 nitrogen and oxygen atoms in total. The van der Waals surface area contributed by atoms with Crippen molar-refractivity contribution in [3.05, 3.63) is 40.1 Å². The molecule has 0 saturated heterocycles. The molecule has 1 heterocycles. The summed E-state index contributed by atoms with van der Waals surface area (Å²) < 4.78 is 1.13. The topological polar surface area (TPSA) is 63.8 Å². The average Bonchev–Trinajstić information content (AvgIpc) is 2.29. The fraction of sp³-hybridized carbons (Fsp3) is 0.167. The molecule has 0 amide bonds. The molecule has 0 bridgehead atoms. The van der Waals surface area contributed by atoms with Gasteiger partial charge < -0.3 is 11.1 Å². The van der Waals surface area contributed by atoms with E-state index in [-0.39, 0.29) is 0 Å². The van der Waals surface area contributed by atoms with Gasteiger partial charge in [0.1, 0.15) is 0 Å². The second-order valence-electron chi connectivity index (χ2n) is 3.89. The van der Waals surface area contributed by atoms with Gasteiger partial charge >= 0.3 is 0 Å². The van der Waals surface area contributed by atoms with Crippen molar-refractivity contribution in [2.24, 2.45) is 0 Å². The normalized spacial score (nSPS) is 10.3. The molecule has 1 aromatic heterocycles. The van der Waals surface area contributed by atoms with Crippen LogP contribution in [0.2, 0.25) is 0 Å². The molecule has 0 aliphatic carbocycles. The minimum absolute atomic E-state index is 0.542. The first-order valence-electron chi connectivity index (χ1n) is 5.17. The minimum atomic E-state index is 0.542. The van der Waals surface area contributed by atoms with Gasteiger partial charge in [0.15, 0.2) is 0 Å². The van der Waals surface area contributed by atoms with Gasteiger partial charge in [-0.2, -0.15) is 0 Å². The number of aromatic nitrogens is 2. The van der Waals surface area contributed by atoms with E-state index in [9.17, 15) is 0 Å². The molecule has 3 N–H and O–H groups in total. The van der Waals surface area contributed by atoms with Crippen molar-refractivity contribution < 1.29 is 0 Å². The summed E-state index contributed by atoms with van der Waals surface area (Å²) in [5.74, 6) is 0.542. The van der Waals surface area contributed by atoms with E-state index in [2.05, 4.69) is 31.2 Å². The summed E-state index contributed by atoms with van der Waals surface area (Å²) in [6.07, 6.45) is 3.15. The summed E-state index contributed by atoms with van der Waals surface area (Å²) in [6, 6.07) is 4.08. The molecule has 0 spiro atoms. The van der Waals surface area contributed by atoms with E-state index in [1.165, 1.54) is 11.1 Å². The number of aryl methyl sites for hydroxylation is 2. The summed E-state index contributed by atoms with van der Waals surface area (Å²) in [5, 5.41) is 3.14. The zero-order valence-corrected chi connectivity index (χ0v) is 11.2. The van der Waals surface area contributed by atoms with Crippen LogP contribution < -0.4 is 11.1 Å². The van der Waals surface area contributed by atoms with Gasteiger partial charge in [-0.05, 0) is 37.1 Å². The lowest BCUT2D eigenvalue weighted by Gasteiger charge is -2.09. The number of halogens is 1. The molecular weight excluding hydrogens is 280 g/mol. The first-order valence-corrected chi connectivity index (χ1v) is 5.97. The summed E-state index contributed by atoms with van der Waals surface area (Å²) in [6.45, 7) is 4.10. The van der Waals surface area contributed by atoms with Crippen molar-refractivity contribution in [3.63, 3.8) is 0 Å². The number of nitrogens with one attached hydrogen (secondary N) is 1. The Morgan fingerprint density at radius 2 is 1.65 bits per heavy atom. The molecule has 0 radical (unpaired) electrons. The molecule has 0 fully saturated rings. The van der Waals surface area contributed by atoms with Crippen LogP contribution in [0.4, 0.5) is 17.3 Å². The quantitative estimate of drug-likeness (QED) is 0.892. The van der Waals surface area contributed by atoms with E-state index in [0.717, 1.165) is 10.2 Å². The number of nitrogen functional groups attached to an aromatic ring is 1. The highest BCUT2D eigenvalue weighted by molar-refractivity contribution is 9.10. The van der Waals surface area contributed by atoms with Crippen molar-refractivity contribution in [3.8, 4) is 0 Å². The maximum atomic E-state index is 5.53. The number of nitrogens with zero attached hydrogens (tertiary/aromatic N) is 2. The van der Waals surface area contributed by atoms with Gasteiger partial charge in [-0.1, -0.05) is 15.9 Å². The van der Waals surface area contributed by atoms with Gasteiger partial charge in [0.05, 0.1) is 18.1 Å². The Bertz CT molecular complexity index is 514. The molecule has 17 heavy (non-hydrogen) atoms. The second kappa shape index (κ2) is 4.71. The SMILES string of the molecule is Cc1cc(Nc2ncc(N)cn2)cc(C)c1Br. The highest BCUT2D eigenvalue weighted by atomic mass is 79.9. The number of benzene rings is 1. The summed E-state index contributed by atoms with van der Waals surface area (Å²) in [4.78, 5) is 8.19. The van der Waals surface area contributed by atoms with Crippen LogP contribution >= 0.6 is 15.9 Å². The van der Waals surface area contributed by atoms with Gasteiger partial charge in [-0.15, -0.1) is 0 Å². The van der Waals surface area contributed by atoms with E-state index in [0.29, 0.717) is 11.6 Å². The van der Waals surface area contributed by atoms with E-state index in [1.54, 1.807) is 12.4 Å². The van der Waals surface area contributed by atoms with Gasteiger partial charge in [0.2, 0.25) is 5.95 Å². The Hall–Kier alpha value is -1.62. The third-order valence-electron chi connectivity index (χ3n) is 2.36. The molecule has 0 aliphatic rings. The Kier molecular flexibility index (Phi) is 3.28. The average molecular weight is 293 g/mol. The van der Waals surface area contributed by atoms with Crippen LogP contribution in [0, 0.1) is 13.8 Å². The minimum Gasteiger partial charge on any atom is -0.396 e. The van der Waals surface area contributed by atoms with Gasteiger partial charge in [0.25, 0.3) is 0 Å². The lowest BCUT2D eigenvalue weighted by Crippen LogP contribution is -1.99. The summed E-state index contributed by atoms with van der Waals surface area (Å²) >= 11 is 3.53. The maximum Gasteiger partial charge on any atom is 0.227 e. The molecule has 2 aromatic rings. The molecular formula is C12H13BrN4. The molecule has 0 unspecified atom stereocenters. The Morgan fingerprint density at radius 3 is 2.18 bits per heavy atom. The molecule has 0 atom stereocenters. The predicted octanol–water partition coefficient (Wildman–Crippen LogP) is 3.18. The Morgan fingerprint density at radius 1 is 1.12 bits per heavy atom. The van der Waals surface area contributed by atoms with Crippen molar-refractivity contribution in [1.29, 1.82) is 0 Å². The van der Waals surface area contributed by atoms with E-state index < -0.39 is 0 Å². The van der Waals surface area contributed by atoms with E-state index in [1.807, 2.05) is 26.0 Å². The molecule has 2 rings (SSSR count).